The summed E-state index contributed by atoms with van der Waals surface area (Å²) in [6.45, 7) is 5.02. The molecule has 0 amide bonds. The fourth-order valence-corrected chi connectivity index (χ4v) is 3.59. The van der Waals surface area contributed by atoms with Gasteiger partial charge in [0.05, 0.1) is 4.92 Å². The number of hydrogen-bond donors (Lipinski definition) is 0. The maximum Gasteiger partial charge on any atom is 0.269 e. The fraction of sp³-hybridized carbons (Fsp3) is 0.167. The third-order valence-corrected chi connectivity index (χ3v) is 5.40. The van der Waals surface area contributed by atoms with Crippen molar-refractivity contribution in [2.45, 2.75) is 26.9 Å². The van der Waals surface area contributed by atoms with Gasteiger partial charge in [-0.05, 0) is 54.8 Å². The summed E-state index contributed by atoms with van der Waals surface area (Å²) in [5, 5.41) is 10.8. The van der Waals surface area contributed by atoms with Crippen molar-refractivity contribution in [3.63, 3.8) is 0 Å². The molecule has 6 nitrogen and oxygen atoms in total. The number of ketones is 1. The molecule has 0 unspecified atom stereocenters. The molecule has 4 aromatic rings. The number of nitro benzene ring substituents is 1. The van der Waals surface area contributed by atoms with Crippen molar-refractivity contribution < 1.29 is 31.3 Å². The summed E-state index contributed by atoms with van der Waals surface area (Å²) in [7, 11) is 0. The van der Waals surface area contributed by atoms with E-state index in [1.54, 1.807) is 0 Å². The van der Waals surface area contributed by atoms with Crippen LogP contribution in [0.5, 0.6) is 0 Å². The van der Waals surface area contributed by atoms with E-state index in [-0.39, 0.29) is 35.0 Å². The minimum absolute atomic E-state index is 0. The van der Waals surface area contributed by atoms with E-state index in [4.69, 9.17) is 0 Å². The SMILES string of the molecule is Cc1cc2c(cc1C)[n+](Cc1ccccc1)cn2CC(=O)c1ccc([N+](=O)[O-])cc1.[Br-]. The van der Waals surface area contributed by atoms with Crippen LogP contribution in [-0.2, 0) is 13.1 Å². The molecular weight excluding hydrogens is 458 g/mol. The van der Waals surface area contributed by atoms with Gasteiger partial charge in [0, 0.05) is 17.7 Å². The normalized spacial score (nSPS) is 10.6. The van der Waals surface area contributed by atoms with E-state index >= 15 is 0 Å². The second-order valence-electron chi connectivity index (χ2n) is 7.51. The van der Waals surface area contributed by atoms with Crippen LogP contribution in [0.2, 0.25) is 0 Å². The molecule has 0 saturated heterocycles. The third-order valence-electron chi connectivity index (χ3n) is 5.40. The van der Waals surface area contributed by atoms with E-state index in [2.05, 4.69) is 42.7 Å². The zero-order valence-electron chi connectivity index (χ0n) is 17.3. The number of imidazole rings is 1. The first-order valence-corrected chi connectivity index (χ1v) is 9.73. The molecular formula is C24H22BrN3O3. The van der Waals surface area contributed by atoms with Crippen molar-refractivity contribution in [2.24, 2.45) is 0 Å². The molecule has 0 aliphatic heterocycles. The lowest BCUT2D eigenvalue weighted by atomic mass is 10.1. The van der Waals surface area contributed by atoms with Crippen LogP contribution in [0.15, 0.2) is 73.1 Å². The maximum atomic E-state index is 12.9. The summed E-state index contributed by atoms with van der Waals surface area (Å²) in [5.41, 5.74) is 6.04. The minimum atomic E-state index is -0.467. The summed E-state index contributed by atoms with van der Waals surface area (Å²) in [4.78, 5) is 23.2. The van der Waals surface area contributed by atoms with Crippen LogP contribution in [0.3, 0.4) is 0 Å². The Bertz CT molecular complexity index is 1250. The van der Waals surface area contributed by atoms with Crippen LogP contribution in [0.25, 0.3) is 11.0 Å². The first-order valence-electron chi connectivity index (χ1n) is 9.73. The van der Waals surface area contributed by atoms with Crippen LogP contribution in [0.4, 0.5) is 5.69 Å². The summed E-state index contributed by atoms with van der Waals surface area (Å²) in [6.07, 6.45) is 1.97. The number of Topliss-reactive ketones (excluding diaryl/α,β-unsaturated/α-hetero) is 1. The van der Waals surface area contributed by atoms with Gasteiger partial charge in [-0.15, -0.1) is 0 Å². The topological polar surface area (TPSA) is 69.0 Å². The Morgan fingerprint density at radius 3 is 2.29 bits per heavy atom. The number of aryl methyl sites for hydroxylation is 2. The van der Waals surface area contributed by atoms with Crippen LogP contribution in [0.1, 0.15) is 27.0 Å². The van der Waals surface area contributed by atoms with E-state index in [0.29, 0.717) is 12.1 Å². The van der Waals surface area contributed by atoms with Crippen LogP contribution < -0.4 is 21.5 Å². The molecule has 1 heterocycles. The Kier molecular flexibility index (Phi) is 6.65. The number of benzene rings is 3. The van der Waals surface area contributed by atoms with Crippen LogP contribution in [0, 0.1) is 24.0 Å². The molecule has 0 spiro atoms. The zero-order chi connectivity index (χ0) is 21.3. The van der Waals surface area contributed by atoms with Gasteiger partial charge >= 0.3 is 0 Å². The Labute approximate surface area is 190 Å². The molecule has 0 aliphatic carbocycles. The number of rotatable bonds is 6. The Hall–Kier alpha value is -3.32. The fourth-order valence-electron chi connectivity index (χ4n) is 3.59. The number of carbonyl (C=O) groups excluding carboxylic acids is 1. The van der Waals surface area contributed by atoms with Gasteiger partial charge in [0.1, 0.15) is 6.54 Å². The first kappa shape index (κ1) is 22.4. The molecule has 1 aromatic heterocycles. The van der Waals surface area contributed by atoms with Gasteiger partial charge in [-0.25, -0.2) is 9.13 Å². The van der Waals surface area contributed by atoms with Crippen molar-refractivity contribution in [1.82, 2.24) is 4.57 Å². The monoisotopic (exact) mass is 479 g/mol. The number of nitro groups is 1. The highest BCUT2D eigenvalue weighted by Gasteiger charge is 2.20. The third kappa shape index (κ3) is 4.72. The average Bonchev–Trinajstić information content (AvgIpc) is 3.05. The highest BCUT2D eigenvalue weighted by atomic mass is 79.9. The molecule has 0 radical (unpaired) electrons. The number of carbonyl (C=O) groups is 1. The summed E-state index contributed by atoms with van der Waals surface area (Å²) in [5.74, 6) is -0.0908. The molecule has 0 aliphatic rings. The van der Waals surface area contributed by atoms with Gasteiger partial charge < -0.3 is 17.0 Å². The molecule has 7 heteroatoms. The van der Waals surface area contributed by atoms with E-state index in [1.165, 1.54) is 35.4 Å². The van der Waals surface area contributed by atoms with Crippen LogP contribution >= 0.6 is 0 Å². The van der Waals surface area contributed by atoms with Crippen molar-refractivity contribution in [3.05, 3.63) is 105 Å². The second kappa shape index (κ2) is 9.22. The second-order valence-corrected chi connectivity index (χ2v) is 7.51. The number of halogens is 1. The smallest absolute Gasteiger partial charge is 0.269 e. The largest absolute Gasteiger partial charge is 1.00 e. The van der Waals surface area contributed by atoms with Crippen molar-refractivity contribution in [2.75, 3.05) is 0 Å². The van der Waals surface area contributed by atoms with Crippen molar-refractivity contribution in [3.8, 4) is 0 Å². The van der Waals surface area contributed by atoms with Gasteiger partial charge in [-0.3, -0.25) is 14.9 Å². The molecule has 0 fully saturated rings. The molecule has 158 valence electrons. The standard InChI is InChI=1S/C24H22N3O3.BrH/c1-17-12-22-23(13-18(17)2)26(16-25(22)14-19-6-4-3-5-7-19)15-24(28)20-8-10-21(11-9-20)27(29)30;/h3-13,16H,14-15H2,1-2H3;1H/q+1;/p-1. The van der Waals surface area contributed by atoms with E-state index in [0.717, 1.165) is 16.6 Å². The number of non-ortho nitro benzene ring substituents is 1. The van der Waals surface area contributed by atoms with Gasteiger partial charge in [0.15, 0.2) is 17.6 Å². The van der Waals surface area contributed by atoms with E-state index in [9.17, 15) is 14.9 Å². The lowest BCUT2D eigenvalue weighted by molar-refractivity contribution is -0.663. The molecule has 4 rings (SSSR count). The van der Waals surface area contributed by atoms with Crippen LogP contribution in [-0.4, -0.2) is 15.3 Å². The predicted octanol–water partition coefficient (Wildman–Crippen LogP) is 1.39. The number of hydrogen-bond acceptors (Lipinski definition) is 3. The number of fused-ring (bicyclic) bond motifs is 1. The average molecular weight is 480 g/mol. The summed E-state index contributed by atoms with van der Waals surface area (Å²) in [6, 6.07) is 20.2. The highest BCUT2D eigenvalue weighted by Crippen LogP contribution is 2.19. The van der Waals surface area contributed by atoms with Gasteiger partial charge in [-0.2, -0.15) is 0 Å². The van der Waals surface area contributed by atoms with Crippen molar-refractivity contribution >= 4 is 22.5 Å². The Balaban J connectivity index is 0.00000272. The molecule has 0 atom stereocenters. The van der Waals surface area contributed by atoms with Gasteiger partial charge in [-0.1, -0.05) is 30.3 Å². The van der Waals surface area contributed by atoms with E-state index in [1.807, 2.05) is 29.1 Å². The zero-order valence-corrected chi connectivity index (χ0v) is 18.9. The molecule has 0 N–H and O–H groups in total. The van der Waals surface area contributed by atoms with Crippen molar-refractivity contribution in [1.29, 1.82) is 0 Å². The minimum Gasteiger partial charge on any atom is -1.00 e. The number of nitrogens with zero attached hydrogens (tertiary/aromatic N) is 3. The lowest BCUT2D eigenvalue weighted by Gasteiger charge is -2.02. The van der Waals surface area contributed by atoms with Gasteiger partial charge in [0.2, 0.25) is 12.1 Å². The summed E-state index contributed by atoms with van der Waals surface area (Å²) >= 11 is 0. The Morgan fingerprint density at radius 1 is 1.00 bits per heavy atom. The van der Waals surface area contributed by atoms with E-state index < -0.39 is 4.92 Å². The molecule has 3 aromatic carbocycles. The number of aromatic nitrogens is 2. The lowest BCUT2D eigenvalue weighted by Crippen LogP contribution is -3.00. The quantitative estimate of drug-likeness (QED) is 0.181. The predicted molar refractivity (Wildman–Crippen MR) is 115 cm³/mol. The van der Waals surface area contributed by atoms with Gasteiger partial charge in [0.25, 0.3) is 5.69 Å². The highest BCUT2D eigenvalue weighted by molar-refractivity contribution is 5.96. The summed E-state index contributed by atoms with van der Waals surface area (Å²) < 4.78 is 4.11. The first-order chi connectivity index (χ1) is 14.4. The molecule has 0 saturated carbocycles. The Morgan fingerprint density at radius 2 is 1.65 bits per heavy atom. The maximum absolute atomic E-state index is 12.9. The molecule has 31 heavy (non-hydrogen) atoms. The molecule has 0 bridgehead atoms.